The largest absolute Gasteiger partial charge is 0.462 e. The second-order valence-electron chi connectivity index (χ2n) is 8.31. The predicted molar refractivity (Wildman–Crippen MR) is 133 cm³/mol. The van der Waals surface area contributed by atoms with Crippen LogP contribution in [-0.2, 0) is 25.4 Å². The third-order valence-electron chi connectivity index (χ3n) is 5.58. The highest BCUT2D eigenvalue weighted by molar-refractivity contribution is 5.90. The van der Waals surface area contributed by atoms with Crippen molar-refractivity contribution in [3.8, 4) is 0 Å². The molecule has 1 fully saturated rings. The molecule has 1 aliphatic carbocycles. The Morgan fingerprint density at radius 2 is 1.62 bits per heavy atom. The van der Waals surface area contributed by atoms with Crippen LogP contribution in [0.25, 0.3) is 6.08 Å². The average molecular weight is 465 g/mol. The summed E-state index contributed by atoms with van der Waals surface area (Å²) < 4.78 is 16.5. The summed E-state index contributed by atoms with van der Waals surface area (Å²) >= 11 is 0. The van der Waals surface area contributed by atoms with Gasteiger partial charge in [0.2, 0.25) is 0 Å². The molecule has 0 bridgehead atoms. The Hall–Kier alpha value is -3.58. The Morgan fingerprint density at radius 1 is 0.971 bits per heavy atom. The Balaban J connectivity index is 1.40. The van der Waals surface area contributed by atoms with Gasteiger partial charge in [-0.25, -0.2) is 9.59 Å². The van der Waals surface area contributed by atoms with Crippen molar-refractivity contribution < 1.29 is 23.8 Å². The van der Waals surface area contributed by atoms with E-state index in [4.69, 9.17) is 25.7 Å². The number of hydrogen-bond donors (Lipinski definition) is 2. The first kappa shape index (κ1) is 25.1. The number of carbonyl (C=O) groups is 2. The van der Waals surface area contributed by atoms with E-state index in [2.05, 4.69) is 6.58 Å². The molecule has 0 saturated heterocycles. The molecule has 0 atom stereocenters. The monoisotopic (exact) mass is 464 g/mol. The topological polar surface area (TPSA) is 114 Å². The fraction of sp³-hybridized carbons (Fsp3) is 0.333. The van der Waals surface area contributed by atoms with Gasteiger partial charge in [-0.2, -0.15) is 0 Å². The Kier molecular flexibility index (Phi) is 9.29. The van der Waals surface area contributed by atoms with E-state index in [9.17, 15) is 9.59 Å². The SMILES string of the molecule is C=CCOC1CCC(OC(=O)c2ccc(/C=C/C(=O)OCCc3cc(N)cc(N)c3)cc2)CC1. The number of rotatable bonds is 10. The number of carbonyl (C=O) groups excluding carboxylic acids is 2. The average Bonchev–Trinajstić information content (AvgIpc) is 2.82. The number of benzene rings is 2. The molecule has 0 amide bonds. The van der Waals surface area contributed by atoms with Gasteiger partial charge < -0.3 is 25.7 Å². The lowest BCUT2D eigenvalue weighted by Crippen LogP contribution is -2.28. The zero-order valence-electron chi connectivity index (χ0n) is 19.3. The minimum absolute atomic E-state index is 0.0887. The molecule has 180 valence electrons. The van der Waals surface area contributed by atoms with Gasteiger partial charge in [-0.05, 0) is 73.2 Å². The number of anilines is 2. The van der Waals surface area contributed by atoms with Gasteiger partial charge in [0.05, 0.1) is 24.9 Å². The van der Waals surface area contributed by atoms with Crippen LogP contribution in [0.4, 0.5) is 11.4 Å². The molecule has 4 N–H and O–H groups in total. The standard InChI is InChI=1S/C27H32N2O5/c1-2-14-32-24-8-10-25(11-9-24)34-27(31)21-6-3-19(4-7-21)5-12-26(30)33-15-13-20-16-22(28)18-23(29)17-20/h2-7,12,16-18,24-25H,1,8-11,13-15,28-29H2/b12-5+. The molecule has 1 saturated carbocycles. The van der Waals surface area contributed by atoms with Crippen LogP contribution in [0.3, 0.4) is 0 Å². The molecular weight excluding hydrogens is 432 g/mol. The van der Waals surface area contributed by atoms with E-state index in [0.717, 1.165) is 36.8 Å². The Labute approximate surface area is 200 Å². The summed E-state index contributed by atoms with van der Waals surface area (Å²) in [5, 5.41) is 0. The zero-order valence-corrected chi connectivity index (χ0v) is 19.3. The van der Waals surface area contributed by atoms with Crippen molar-refractivity contribution >= 4 is 29.4 Å². The number of ether oxygens (including phenoxy) is 3. The quantitative estimate of drug-likeness (QED) is 0.233. The Bertz CT molecular complexity index is 988. The lowest BCUT2D eigenvalue weighted by molar-refractivity contribution is -0.137. The highest BCUT2D eigenvalue weighted by Crippen LogP contribution is 2.24. The van der Waals surface area contributed by atoms with E-state index in [1.165, 1.54) is 6.08 Å². The summed E-state index contributed by atoms with van der Waals surface area (Å²) in [6.45, 7) is 4.43. The van der Waals surface area contributed by atoms with Crippen molar-refractivity contribution in [2.75, 3.05) is 24.7 Å². The summed E-state index contributed by atoms with van der Waals surface area (Å²) in [7, 11) is 0. The van der Waals surface area contributed by atoms with Gasteiger partial charge in [-0.3, -0.25) is 0 Å². The van der Waals surface area contributed by atoms with E-state index < -0.39 is 5.97 Å². The summed E-state index contributed by atoms with van der Waals surface area (Å²) in [6, 6.07) is 12.2. The minimum Gasteiger partial charge on any atom is -0.462 e. The fourth-order valence-electron chi connectivity index (χ4n) is 3.84. The Morgan fingerprint density at radius 3 is 2.26 bits per heavy atom. The molecule has 3 rings (SSSR count). The van der Waals surface area contributed by atoms with Crippen LogP contribution in [0.1, 0.15) is 47.2 Å². The summed E-state index contributed by atoms with van der Waals surface area (Å²) in [6.07, 6.45) is 8.72. The van der Waals surface area contributed by atoms with E-state index in [0.29, 0.717) is 30.0 Å². The van der Waals surface area contributed by atoms with Gasteiger partial charge >= 0.3 is 11.9 Å². The number of hydrogen-bond acceptors (Lipinski definition) is 7. The smallest absolute Gasteiger partial charge is 0.338 e. The second kappa shape index (κ2) is 12.6. The van der Waals surface area contributed by atoms with Crippen LogP contribution in [0.5, 0.6) is 0 Å². The number of nitrogens with two attached hydrogens (primary N) is 2. The van der Waals surface area contributed by atoms with Crippen molar-refractivity contribution in [2.45, 2.75) is 44.3 Å². The molecule has 0 aromatic heterocycles. The van der Waals surface area contributed by atoms with Gasteiger partial charge in [-0.15, -0.1) is 6.58 Å². The molecule has 1 aliphatic rings. The molecule has 34 heavy (non-hydrogen) atoms. The molecule has 0 radical (unpaired) electrons. The second-order valence-corrected chi connectivity index (χ2v) is 8.31. The summed E-state index contributed by atoms with van der Waals surface area (Å²) in [5.74, 6) is -0.791. The van der Waals surface area contributed by atoms with E-state index in [1.807, 2.05) is 0 Å². The molecular formula is C27H32N2O5. The molecule has 7 heteroatoms. The van der Waals surface area contributed by atoms with E-state index >= 15 is 0 Å². The molecule has 0 heterocycles. The normalized spacial score (nSPS) is 17.9. The first-order chi connectivity index (χ1) is 16.4. The van der Waals surface area contributed by atoms with Gasteiger partial charge in [0.15, 0.2) is 0 Å². The van der Waals surface area contributed by atoms with Crippen LogP contribution in [0.15, 0.2) is 61.2 Å². The third kappa shape index (κ3) is 8.08. The minimum atomic E-state index is -0.451. The van der Waals surface area contributed by atoms with Crippen LogP contribution < -0.4 is 11.5 Å². The first-order valence-corrected chi connectivity index (χ1v) is 11.5. The molecule has 0 unspecified atom stereocenters. The van der Waals surface area contributed by atoms with Gasteiger partial charge in [-0.1, -0.05) is 18.2 Å². The molecule has 0 spiro atoms. The van der Waals surface area contributed by atoms with Crippen LogP contribution in [0, 0.1) is 0 Å². The van der Waals surface area contributed by atoms with E-state index in [1.54, 1.807) is 54.6 Å². The summed E-state index contributed by atoms with van der Waals surface area (Å²) in [4.78, 5) is 24.4. The predicted octanol–water partition coefficient (Wildman–Crippen LogP) is 4.32. The highest BCUT2D eigenvalue weighted by atomic mass is 16.5. The lowest BCUT2D eigenvalue weighted by atomic mass is 9.95. The summed E-state index contributed by atoms with van der Waals surface area (Å²) in [5.41, 5.74) is 14.8. The molecule has 2 aromatic carbocycles. The van der Waals surface area contributed by atoms with Crippen LogP contribution in [-0.4, -0.2) is 37.4 Å². The van der Waals surface area contributed by atoms with Crippen molar-refractivity contribution in [1.82, 2.24) is 0 Å². The fourth-order valence-corrected chi connectivity index (χ4v) is 3.84. The van der Waals surface area contributed by atoms with Crippen molar-refractivity contribution in [2.24, 2.45) is 0 Å². The van der Waals surface area contributed by atoms with E-state index in [-0.39, 0.29) is 24.8 Å². The van der Waals surface area contributed by atoms with Crippen LogP contribution >= 0.6 is 0 Å². The van der Waals surface area contributed by atoms with Gasteiger partial charge in [0, 0.05) is 23.9 Å². The maximum Gasteiger partial charge on any atom is 0.338 e. The maximum absolute atomic E-state index is 12.4. The number of esters is 2. The van der Waals surface area contributed by atoms with Crippen LogP contribution in [0.2, 0.25) is 0 Å². The highest BCUT2D eigenvalue weighted by Gasteiger charge is 2.24. The van der Waals surface area contributed by atoms with Gasteiger partial charge in [0.25, 0.3) is 0 Å². The number of nitrogen functional groups attached to an aromatic ring is 2. The maximum atomic E-state index is 12.4. The van der Waals surface area contributed by atoms with Crippen molar-refractivity contribution in [1.29, 1.82) is 0 Å². The van der Waals surface area contributed by atoms with Crippen molar-refractivity contribution in [3.05, 3.63) is 77.9 Å². The first-order valence-electron chi connectivity index (χ1n) is 11.5. The molecule has 7 nitrogen and oxygen atoms in total. The third-order valence-corrected chi connectivity index (χ3v) is 5.58. The van der Waals surface area contributed by atoms with Crippen molar-refractivity contribution in [3.63, 3.8) is 0 Å². The lowest BCUT2D eigenvalue weighted by Gasteiger charge is -2.28. The zero-order chi connectivity index (χ0) is 24.3. The molecule has 2 aromatic rings. The molecule has 0 aliphatic heterocycles. The van der Waals surface area contributed by atoms with Gasteiger partial charge in [0.1, 0.15) is 6.10 Å².